The number of hydrogen-bond donors (Lipinski definition) is 2. The monoisotopic (exact) mass is 436 g/mol. The Morgan fingerprint density at radius 2 is 2.06 bits per heavy atom. The molecule has 4 rings (SSSR count). The smallest absolute Gasteiger partial charge is 0.272 e. The van der Waals surface area contributed by atoms with Crippen molar-refractivity contribution < 1.29 is 9.59 Å². The Kier molecular flexibility index (Phi) is 6.31. The first-order valence-corrected chi connectivity index (χ1v) is 11.2. The molecule has 2 N–H and O–H groups in total. The highest BCUT2D eigenvalue weighted by Gasteiger charge is 2.24. The van der Waals surface area contributed by atoms with Crippen molar-refractivity contribution in [3.05, 3.63) is 59.7 Å². The molecule has 160 valence electrons. The van der Waals surface area contributed by atoms with Gasteiger partial charge in [-0.15, -0.1) is 0 Å². The number of nitrogens with zero attached hydrogens (tertiary/aromatic N) is 4. The normalized spacial score (nSPS) is 13.1. The Hall–Kier alpha value is -3.20. The number of nitrogens with one attached hydrogen (secondary N) is 2. The van der Waals surface area contributed by atoms with Crippen LogP contribution in [0.5, 0.6) is 0 Å². The number of anilines is 1. The van der Waals surface area contributed by atoms with Crippen LogP contribution in [0.2, 0.25) is 0 Å². The van der Waals surface area contributed by atoms with E-state index < -0.39 is 0 Å². The number of thioether (sulfide) groups is 1. The number of carbonyl (C=O) groups excluding carboxylic acids is 2. The van der Waals surface area contributed by atoms with Gasteiger partial charge in [-0.05, 0) is 43.4 Å². The summed E-state index contributed by atoms with van der Waals surface area (Å²) in [6.07, 6.45) is 6.02. The third-order valence-corrected chi connectivity index (χ3v) is 5.88. The van der Waals surface area contributed by atoms with Gasteiger partial charge >= 0.3 is 0 Å². The van der Waals surface area contributed by atoms with E-state index >= 15 is 0 Å². The molecule has 1 fully saturated rings. The average Bonchev–Trinajstić information content (AvgIpc) is 3.44. The number of aryl methyl sites for hydroxylation is 2. The largest absolute Gasteiger partial charge is 0.348 e. The fourth-order valence-electron chi connectivity index (χ4n) is 3.11. The zero-order valence-corrected chi connectivity index (χ0v) is 18.3. The Morgan fingerprint density at radius 3 is 2.84 bits per heavy atom. The maximum atomic E-state index is 12.5. The topological polar surface area (TPSA) is 102 Å². The summed E-state index contributed by atoms with van der Waals surface area (Å²) in [6.45, 7) is 4.06. The molecular formula is C22H24N6O2S. The predicted molar refractivity (Wildman–Crippen MR) is 120 cm³/mol. The van der Waals surface area contributed by atoms with Crippen molar-refractivity contribution in [2.24, 2.45) is 0 Å². The van der Waals surface area contributed by atoms with Crippen molar-refractivity contribution >= 4 is 29.3 Å². The minimum atomic E-state index is -0.177. The van der Waals surface area contributed by atoms with Crippen LogP contribution in [-0.4, -0.2) is 43.4 Å². The van der Waals surface area contributed by atoms with E-state index in [-0.39, 0.29) is 23.6 Å². The Balaban J connectivity index is 1.38. The van der Waals surface area contributed by atoms with Crippen LogP contribution in [0.25, 0.3) is 5.82 Å². The second kappa shape index (κ2) is 9.30. The summed E-state index contributed by atoms with van der Waals surface area (Å²) in [6, 6.07) is 9.69. The van der Waals surface area contributed by atoms with E-state index in [4.69, 9.17) is 0 Å². The number of hydrogen-bond acceptors (Lipinski definition) is 6. The molecule has 2 aromatic heterocycles. The van der Waals surface area contributed by atoms with Crippen LogP contribution in [-0.2, 0) is 11.2 Å². The number of aromatic nitrogens is 4. The van der Waals surface area contributed by atoms with Gasteiger partial charge in [-0.25, -0.2) is 14.6 Å². The molecule has 1 aliphatic carbocycles. The Bertz CT molecular complexity index is 1110. The van der Waals surface area contributed by atoms with Crippen molar-refractivity contribution in [1.29, 1.82) is 0 Å². The lowest BCUT2D eigenvalue weighted by atomic mass is 10.1. The molecule has 2 amide bonds. The van der Waals surface area contributed by atoms with Crippen LogP contribution >= 0.6 is 11.8 Å². The van der Waals surface area contributed by atoms with Crippen LogP contribution in [0.1, 0.15) is 41.4 Å². The van der Waals surface area contributed by atoms with Crippen LogP contribution in [0.15, 0.2) is 47.9 Å². The first kappa shape index (κ1) is 21.0. The maximum Gasteiger partial charge on any atom is 0.272 e. The molecule has 0 spiro atoms. The van der Waals surface area contributed by atoms with Crippen LogP contribution in [0.3, 0.4) is 0 Å². The number of para-hydroxylation sites is 1. The van der Waals surface area contributed by atoms with E-state index in [1.54, 1.807) is 18.3 Å². The van der Waals surface area contributed by atoms with Crippen molar-refractivity contribution in [3.63, 3.8) is 0 Å². The lowest BCUT2D eigenvalue weighted by Gasteiger charge is -2.12. The average molecular weight is 437 g/mol. The number of amides is 2. The van der Waals surface area contributed by atoms with Gasteiger partial charge in [0.05, 0.1) is 5.75 Å². The molecule has 0 aliphatic heterocycles. The van der Waals surface area contributed by atoms with Crippen molar-refractivity contribution in [1.82, 2.24) is 25.1 Å². The van der Waals surface area contributed by atoms with E-state index in [1.165, 1.54) is 22.8 Å². The second-order valence-electron chi connectivity index (χ2n) is 7.41. The minimum Gasteiger partial charge on any atom is -0.348 e. The SMILES string of the molecule is CCc1cccc(C)c1NC(=O)CSc1cc(-n2ccc(C(=O)NC3CC3)n2)ncn1. The second-order valence-corrected chi connectivity index (χ2v) is 8.40. The summed E-state index contributed by atoms with van der Waals surface area (Å²) in [7, 11) is 0. The highest BCUT2D eigenvalue weighted by atomic mass is 32.2. The van der Waals surface area contributed by atoms with Gasteiger partial charge in [0.25, 0.3) is 5.91 Å². The number of carbonyl (C=O) groups is 2. The first-order valence-electron chi connectivity index (χ1n) is 10.2. The van der Waals surface area contributed by atoms with Crippen LogP contribution in [0.4, 0.5) is 5.69 Å². The summed E-state index contributed by atoms with van der Waals surface area (Å²) < 4.78 is 1.54. The Labute approximate surface area is 184 Å². The third kappa shape index (κ3) is 5.29. The quantitative estimate of drug-likeness (QED) is 0.415. The Morgan fingerprint density at radius 1 is 1.23 bits per heavy atom. The molecule has 1 saturated carbocycles. The fraction of sp³-hybridized carbons (Fsp3) is 0.318. The summed E-state index contributed by atoms with van der Waals surface area (Å²) in [5, 5.41) is 10.9. The van der Waals surface area contributed by atoms with Gasteiger partial charge in [-0.1, -0.05) is 36.9 Å². The summed E-state index contributed by atoms with van der Waals surface area (Å²) in [5.41, 5.74) is 3.39. The molecule has 0 atom stereocenters. The van der Waals surface area contributed by atoms with E-state index in [0.717, 1.165) is 36.1 Å². The van der Waals surface area contributed by atoms with Gasteiger partial charge in [0, 0.05) is 24.0 Å². The van der Waals surface area contributed by atoms with Gasteiger partial charge in [0.2, 0.25) is 5.91 Å². The lowest BCUT2D eigenvalue weighted by Crippen LogP contribution is -2.25. The molecule has 8 nitrogen and oxygen atoms in total. The van der Waals surface area contributed by atoms with Crippen molar-refractivity contribution in [2.45, 2.75) is 44.2 Å². The number of benzene rings is 1. The fourth-order valence-corrected chi connectivity index (χ4v) is 3.77. The molecule has 0 unspecified atom stereocenters. The van der Waals surface area contributed by atoms with Crippen LogP contribution in [0, 0.1) is 6.92 Å². The molecule has 1 aromatic carbocycles. The molecule has 3 aromatic rings. The van der Waals surface area contributed by atoms with Gasteiger partial charge in [0.15, 0.2) is 11.5 Å². The van der Waals surface area contributed by atoms with Crippen LogP contribution < -0.4 is 10.6 Å². The standard InChI is InChI=1S/C22H24N6O2S/c1-3-15-6-4-5-14(2)21(15)26-19(29)12-31-20-11-18(23-13-24-20)28-10-9-17(27-28)22(30)25-16-7-8-16/h4-6,9-11,13,16H,3,7-8,12H2,1-2H3,(H,25,30)(H,26,29). The molecule has 1 aliphatic rings. The zero-order valence-electron chi connectivity index (χ0n) is 17.5. The minimum absolute atomic E-state index is 0.0905. The number of rotatable bonds is 8. The third-order valence-electron chi connectivity index (χ3n) is 4.95. The van der Waals surface area contributed by atoms with E-state index in [9.17, 15) is 9.59 Å². The van der Waals surface area contributed by atoms with Crippen molar-refractivity contribution in [2.75, 3.05) is 11.1 Å². The maximum absolute atomic E-state index is 12.5. The molecule has 0 saturated heterocycles. The predicted octanol–water partition coefficient (Wildman–Crippen LogP) is 3.16. The van der Waals surface area contributed by atoms with E-state index in [0.29, 0.717) is 16.5 Å². The molecule has 9 heteroatoms. The summed E-state index contributed by atoms with van der Waals surface area (Å²) in [4.78, 5) is 33.1. The van der Waals surface area contributed by atoms with Gasteiger partial charge in [-0.2, -0.15) is 5.10 Å². The zero-order chi connectivity index (χ0) is 21.8. The summed E-state index contributed by atoms with van der Waals surface area (Å²) >= 11 is 1.32. The molecule has 31 heavy (non-hydrogen) atoms. The first-order chi connectivity index (χ1) is 15.0. The highest BCUT2D eigenvalue weighted by molar-refractivity contribution is 7.99. The molecular weight excluding hydrogens is 412 g/mol. The van der Waals surface area contributed by atoms with Gasteiger partial charge in [0.1, 0.15) is 11.4 Å². The molecule has 0 radical (unpaired) electrons. The van der Waals surface area contributed by atoms with E-state index in [1.807, 2.05) is 25.1 Å². The van der Waals surface area contributed by atoms with Crippen molar-refractivity contribution in [3.8, 4) is 5.82 Å². The lowest BCUT2D eigenvalue weighted by molar-refractivity contribution is -0.113. The van der Waals surface area contributed by atoms with Gasteiger partial charge < -0.3 is 10.6 Å². The highest BCUT2D eigenvalue weighted by Crippen LogP contribution is 2.23. The van der Waals surface area contributed by atoms with E-state index in [2.05, 4.69) is 32.6 Å². The molecule has 2 heterocycles. The molecule has 0 bridgehead atoms. The van der Waals surface area contributed by atoms with Gasteiger partial charge in [-0.3, -0.25) is 9.59 Å². The summed E-state index contributed by atoms with van der Waals surface area (Å²) in [5.74, 6) is 0.495.